The molecule has 2 atom stereocenters. The van der Waals surface area contributed by atoms with Gasteiger partial charge in [-0.3, -0.25) is 0 Å². The summed E-state index contributed by atoms with van der Waals surface area (Å²) in [4.78, 5) is 0. The fourth-order valence-corrected chi connectivity index (χ4v) is 1.48. The maximum Gasteiger partial charge on any atom is 0.0727 e. The van der Waals surface area contributed by atoms with Crippen molar-refractivity contribution >= 4 is 0 Å². The Morgan fingerprint density at radius 2 is 2.25 bits per heavy atom. The van der Waals surface area contributed by atoms with Crippen molar-refractivity contribution in [2.24, 2.45) is 5.92 Å². The van der Waals surface area contributed by atoms with Crippen molar-refractivity contribution in [2.45, 2.75) is 39.3 Å². The minimum absolute atomic E-state index is 0.220. The third-order valence-corrected chi connectivity index (χ3v) is 2.57. The normalized spacial score (nSPS) is 31.6. The van der Waals surface area contributed by atoms with Crippen molar-refractivity contribution in [1.29, 1.82) is 0 Å². The molecule has 0 aliphatic carbocycles. The lowest BCUT2D eigenvalue weighted by molar-refractivity contribution is 0.137. The molecule has 1 heterocycles. The van der Waals surface area contributed by atoms with E-state index in [9.17, 15) is 5.11 Å². The number of hydrogen-bond donors (Lipinski definition) is 2. The summed E-state index contributed by atoms with van der Waals surface area (Å²) in [6.45, 7) is 7.27. The molecule has 0 aromatic heterocycles. The van der Waals surface area contributed by atoms with Crippen molar-refractivity contribution < 1.29 is 5.11 Å². The predicted octanol–water partition coefficient (Wildman–Crippen LogP) is 1.31. The number of hydrogen-bond acceptors (Lipinski definition) is 2. The summed E-state index contributed by atoms with van der Waals surface area (Å²) >= 11 is 0. The Balaban J connectivity index is 2.60. The molecule has 2 nitrogen and oxygen atoms in total. The van der Waals surface area contributed by atoms with Crippen LogP contribution in [0.5, 0.6) is 0 Å². The van der Waals surface area contributed by atoms with Gasteiger partial charge in [0.15, 0.2) is 0 Å². The zero-order valence-electron chi connectivity index (χ0n) is 8.17. The molecule has 0 aromatic carbocycles. The summed E-state index contributed by atoms with van der Waals surface area (Å²) in [6, 6.07) is 0.220. The number of aliphatic hydroxyl groups excluding tert-OH is 1. The summed E-state index contributed by atoms with van der Waals surface area (Å²) in [5, 5.41) is 12.9. The summed E-state index contributed by atoms with van der Waals surface area (Å²) in [5.74, 6) is 0.562. The molecule has 0 amide bonds. The maximum atomic E-state index is 9.67. The first-order chi connectivity index (χ1) is 5.61. The van der Waals surface area contributed by atoms with E-state index in [0.717, 1.165) is 13.0 Å². The molecule has 1 rings (SSSR count). The Kier molecular flexibility index (Phi) is 3.29. The Labute approximate surface area is 74.7 Å². The summed E-state index contributed by atoms with van der Waals surface area (Å²) in [7, 11) is 0. The Morgan fingerprint density at radius 1 is 1.58 bits per heavy atom. The SMILES string of the molecule is CC(C)C1=CCN[C@H](C)[C@H](O)C1. The minimum atomic E-state index is -0.221. The number of rotatable bonds is 1. The van der Waals surface area contributed by atoms with Crippen LogP contribution in [0.15, 0.2) is 11.6 Å². The first kappa shape index (κ1) is 9.75. The Morgan fingerprint density at radius 3 is 2.83 bits per heavy atom. The fourth-order valence-electron chi connectivity index (χ4n) is 1.48. The maximum absolute atomic E-state index is 9.67. The van der Waals surface area contributed by atoms with Crippen molar-refractivity contribution in [3.05, 3.63) is 11.6 Å². The molecule has 70 valence electrons. The van der Waals surface area contributed by atoms with Gasteiger partial charge in [-0.2, -0.15) is 0 Å². The van der Waals surface area contributed by atoms with E-state index in [2.05, 4.69) is 25.2 Å². The van der Waals surface area contributed by atoms with Crippen LogP contribution in [-0.2, 0) is 0 Å². The lowest BCUT2D eigenvalue weighted by atomic mass is 9.96. The van der Waals surface area contributed by atoms with Gasteiger partial charge in [-0.15, -0.1) is 0 Å². The topological polar surface area (TPSA) is 32.3 Å². The third-order valence-electron chi connectivity index (χ3n) is 2.57. The van der Waals surface area contributed by atoms with Gasteiger partial charge in [0, 0.05) is 12.6 Å². The molecule has 2 heteroatoms. The highest BCUT2D eigenvalue weighted by atomic mass is 16.3. The van der Waals surface area contributed by atoms with Crippen LogP contribution in [0.25, 0.3) is 0 Å². The van der Waals surface area contributed by atoms with Gasteiger partial charge < -0.3 is 10.4 Å². The molecule has 0 spiro atoms. The molecule has 0 saturated heterocycles. The van der Waals surface area contributed by atoms with E-state index in [-0.39, 0.29) is 12.1 Å². The highest BCUT2D eigenvalue weighted by molar-refractivity contribution is 5.10. The number of nitrogens with one attached hydrogen (secondary N) is 1. The van der Waals surface area contributed by atoms with E-state index in [4.69, 9.17) is 0 Å². The van der Waals surface area contributed by atoms with E-state index in [1.165, 1.54) is 5.57 Å². The van der Waals surface area contributed by atoms with Crippen LogP contribution in [-0.4, -0.2) is 23.8 Å². The van der Waals surface area contributed by atoms with Gasteiger partial charge in [-0.1, -0.05) is 25.5 Å². The largest absolute Gasteiger partial charge is 0.391 e. The summed E-state index contributed by atoms with van der Waals surface area (Å²) in [5.41, 5.74) is 1.37. The van der Waals surface area contributed by atoms with Gasteiger partial charge in [0.2, 0.25) is 0 Å². The van der Waals surface area contributed by atoms with E-state index >= 15 is 0 Å². The molecular formula is C10H19NO. The van der Waals surface area contributed by atoms with E-state index in [1.807, 2.05) is 6.92 Å². The third kappa shape index (κ3) is 2.32. The molecule has 12 heavy (non-hydrogen) atoms. The second-order valence-electron chi connectivity index (χ2n) is 3.90. The lowest BCUT2D eigenvalue weighted by Gasteiger charge is -2.18. The first-order valence-electron chi connectivity index (χ1n) is 4.71. The van der Waals surface area contributed by atoms with Crippen molar-refractivity contribution in [2.75, 3.05) is 6.54 Å². The van der Waals surface area contributed by atoms with Gasteiger partial charge in [0.1, 0.15) is 0 Å². The quantitative estimate of drug-likeness (QED) is 0.580. The molecule has 0 aromatic rings. The summed E-state index contributed by atoms with van der Waals surface area (Å²) < 4.78 is 0. The van der Waals surface area contributed by atoms with Crippen molar-refractivity contribution in [1.82, 2.24) is 5.32 Å². The van der Waals surface area contributed by atoms with Crippen LogP contribution in [0.4, 0.5) is 0 Å². The van der Waals surface area contributed by atoms with E-state index < -0.39 is 0 Å². The minimum Gasteiger partial charge on any atom is -0.391 e. The molecule has 0 fully saturated rings. The smallest absolute Gasteiger partial charge is 0.0727 e. The molecule has 0 unspecified atom stereocenters. The van der Waals surface area contributed by atoms with Gasteiger partial charge in [-0.25, -0.2) is 0 Å². The lowest BCUT2D eigenvalue weighted by Crippen LogP contribution is -2.35. The highest BCUT2D eigenvalue weighted by Crippen LogP contribution is 2.19. The van der Waals surface area contributed by atoms with Crippen LogP contribution in [0, 0.1) is 5.92 Å². The Bertz CT molecular complexity index is 175. The van der Waals surface area contributed by atoms with E-state index in [1.54, 1.807) is 0 Å². The average Bonchev–Trinajstić information content (AvgIpc) is 2.15. The molecule has 0 radical (unpaired) electrons. The van der Waals surface area contributed by atoms with Gasteiger partial charge in [0.05, 0.1) is 6.10 Å². The summed E-state index contributed by atoms with van der Waals surface area (Å²) in [6.07, 6.45) is 2.81. The van der Waals surface area contributed by atoms with Crippen LogP contribution < -0.4 is 5.32 Å². The monoisotopic (exact) mass is 169 g/mol. The van der Waals surface area contributed by atoms with Gasteiger partial charge >= 0.3 is 0 Å². The zero-order valence-corrected chi connectivity index (χ0v) is 8.17. The first-order valence-corrected chi connectivity index (χ1v) is 4.71. The Hall–Kier alpha value is -0.340. The molecule has 0 bridgehead atoms. The second-order valence-corrected chi connectivity index (χ2v) is 3.90. The number of aliphatic hydroxyl groups is 1. The van der Waals surface area contributed by atoms with Crippen LogP contribution in [0.3, 0.4) is 0 Å². The highest BCUT2D eigenvalue weighted by Gasteiger charge is 2.19. The van der Waals surface area contributed by atoms with Crippen molar-refractivity contribution in [3.63, 3.8) is 0 Å². The van der Waals surface area contributed by atoms with Crippen molar-refractivity contribution in [3.8, 4) is 0 Å². The molecular weight excluding hydrogens is 150 g/mol. The van der Waals surface area contributed by atoms with Gasteiger partial charge in [0.25, 0.3) is 0 Å². The predicted molar refractivity (Wildman–Crippen MR) is 51.0 cm³/mol. The molecule has 0 saturated carbocycles. The molecule has 1 aliphatic heterocycles. The average molecular weight is 169 g/mol. The molecule has 1 aliphatic rings. The fraction of sp³-hybridized carbons (Fsp3) is 0.800. The van der Waals surface area contributed by atoms with E-state index in [0.29, 0.717) is 5.92 Å². The van der Waals surface area contributed by atoms with Gasteiger partial charge in [-0.05, 0) is 19.3 Å². The second kappa shape index (κ2) is 4.06. The van der Waals surface area contributed by atoms with Crippen LogP contribution in [0.1, 0.15) is 27.2 Å². The van der Waals surface area contributed by atoms with Crippen LogP contribution >= 0.6 is 0 Å². The molecule has 2 N–H and O–H groups in total. The zero-order chi connectivity index (χ0) is 9.14. The van der Waals surface area contributed by atoms with Crippen LogP contribution in [0.2, 0.25) is 0 Å². The standard InChI is InChI=1S/C10H19NO/c1-7(2)9-4-5-11-8(3)10(12)6-9/h4,7-8,10-12H,5-6H2,1-3H3/t8-,10-/m1/s1.